The van der Waals surface area contributed by atoms with Crippen LogP contribution in [0.4, 0.5) is 0 Å². The van der Waals surface area contributed by atoms with Crippen LogP contribution >= 0.6 is 0 Å². The van der Waals surface area contributed by atoms with Gasteiger partial charge < -0.3 is 10.5 Å². The summed E-state index contributed by atoms with van der Waals surface area (Å²) < 4.78 is 5.16. The summed E-state index contributed by atoms with van der Waals surface area (Å²) in [7, 11) is 0. The van der Waals surface area contributed by atoms with Gasteiger partial charge in [0.1, 0.15) is 5.75 Å². The predicted molar refractivity (Wildman–Crippen MR) is 57.8 cm³/mol. The van der Waals surface area contributed by atoms with Gasteiger partial charge in [0.2, 0.25) is 0 Å². The molecule has 3 nitrogen and oxygen atoms in total. The summed E-state index contributed by atoms with van der Waals surface area (Å²) in [6.45, 7) is 0.337. The lowest BCUT2D eigenvalue weighted by atomic mass is 10.1. The standard InChI is InChI=1S/C12H15NO2/c13-7-6-12(14)15-11-5-4-9-2-1-3-10(9)8-11/h4-5,8H,1-3,6-7,13H2. The van der Waals surface area contributed by atoms with E-state index in [1.165, 1.54) is 17.5 Å². The first kappa shape index (κ1) is 10.2. The molecule has 1 aromatic rings. The van der Waals surface area contributed by atoms with Crippen molar-refractivity contribution in [1.29, 1.82) is 0 Å². The number of ether oxygens (including phenoxy) is 1. The first-order valence-electron chi connectivity index (χ1n) is 5.32. The van der Waals surface area contributed by atoms with Crippen molar-refractivity contribution in [3.05, 3.63) is 29.3 Å². The molecule has 1 aromatic carbocycles. The van der Waals surface area contributed by atoms with Crippen LogP contribution in [0, 0.1) is 0 Å². The van der Waals surface area contributed by atoms with E-state index in [0.717, 1.165) is 12.8 Å². The van der Waals surface area contributed by atoms with Crippen LogP contribution in [0.1, 0.15) is 24.0 Å². The molecule has 0 radical (unpaired) electrons. The zero-order valence-corrected chi connectivity index (χ0v) is 8.66. The summed E-state index contributed by atoms with van der Waals surface area (Å²) in [6.07, 6.45) is 3.72. The smallest absolute Gasteiger partial charge is 0.312 e. The lowest BCUT2D eigenvalue weighted by Crippen LogP contribution is -2.13. The van der Waals surface area contributed by atoms with E-state index in [4.69, 9.17) is 10.5 Å². The molecule has 1 aliphatic rings. The maximum Gasteiger partial charge on any atom is 0.312 e. The van der Waals surface area contributed by atoms with Crippen LogP contribution in [0.2, 0.25) is 0 Å². The minimum absolute atomic E-state index is 0.254. The summed E-state index contributed by atoms with van der Waals surface area (Å²) in [5.41, 5.74) is 7.97. The Morgan fingerprint density at radius 1 is 1.33 bits per heavy atom. The molecule has 0 saturated carbocycles. The highest BCUT2D eigenvalue weighted by Crippen LogP contribution is 2.26. The van der Waals surface area contributed by atoms with E-state index < -0.39 is 0 Å². The van der Waals surface area contributed by atoms with Crippen LogP contribution in [0.5, 0.6) is 5.75 Å². The fourth-order valence-electron chi connectivity index (χ4n) is 1.91. The van der Waals surface area contributed by atoms with Crippen molar-refractivity contribution in [2.45, 2.75) is 25.7 Å². The topological polar surface area (TPSA) is 52.3 Å². The Morgan fingerprint density at radius 3 is 2.93 bits per heavy atom. The fourth-order valence-corrected chi connectivity index (χ4v) is 1.91. The van der Waals surface area contributed by atoms with Crippen molar-refractivity contribution in [2.24, 2.45) is 5.73 Å². The lowest BCUT2D eigenvalue weighted by molar-refractivity contribution is -0.134. The van der Waals surface area contributed by atoms with Crippen LogP contribution in [0.15, 0.2) is 18.2 Å². The van der Waals surface area contributed by atoms with Crippen molar-refractivity contribution >= 4 is 5.97 Å². The van der Waals surface area contributed by atoms with E-state index >= 15 is 0 Å². The molecule has 0 aliphatic heterocycles. The Labute approximate surface area is 89.2 Å². The van der Waals surface area contributed by atoms with Gasteiger partial charge in [-0.25, -0.2) is 0 Å². The molecule has 2 N–H and O–H groups in total. The first-order valence-corrected chi connectivity index (χ1v) is 5.32. The molecule has 3 heteroatoms. The van der Waals surface area contributed by atoms with Crippen LogP contribution in [-0.2, 0) is 17.6 Å². The van der Waals surface area contributed by atoms with Crippen LogP contribution in [0.3, 0.4) is 0 Å². The summed E-state index contributed by atoms with van der Waals surface area (Å²) >= 11 is 0. The second kappa shape index (κ2) is 4.45. The highest BCUT2D eigenvalue weighted by molar-refractivity contribution is 5.72. The second-order valence-corrected chi connectivity index (χ2v) is 3.80. The summed E-state index contributed by atoms with van der Waals surface area (Å²) in [6, 6.07) is 5.88. The average Bonchev–Trinajstić information content (AvgIpc) is 2.65. The first-order chi connectivity index (χ1) is 7.29. The van der Waals surface area contributed by atoms with E-state index in [-0.39, 0.29) is 12.4 Å². The highest BCUT2D eigenvalue weighted by Gasteiger charge is 2.12. The number of benzene rings is 1. The van der Waals surface area contributed by atoms with Gasteiger partial charge in [-0.05, 0) is 42.5 Å². The molecule has 0 spiro atoms. The predicted octanol–water partition coefficient (Wildman–Crippen LogP) is 1.43. The van der Waals surface area contributed by atoms with E-state index in [1.807, 2.05) is 18.2 Å². The number of aryl methyl sites for hydroxylation is 2. The zero-order chi connectivity index (χ0) is 10.7. The molecule has 0 atom stereocenters. The minimum Gasteiger partial charge on any atom is -0.426 e. The third kappa shape index (κ3) is 2.36. The molecule has 0 heterocycles. The third-order valence-corrected chi connectivity index (χ3v) is 2.65. The Kier molecular flexibility index (Phi) is 3.02. The van der Waals surface area contributed by atoms with E-state index in [0.29, 0.717) is 12.3 Å². The highest BCUT2D eigenvalue weighted by atomic mass is 16.5. The number of nitrogens with two attached hydrogens (primary N) is 1. The maximum absolute atomic E-state index is 11.2. The van der Waals surface area contributed by atoms with Gasteiger partial charge in [-0.2, -0.15) is 0 Å². The average molecular weight is 205 g/mol. The molecule has 0 bridgehead atoms. The van der Waals surface area contributed by atoms with Crippen LogP contribution < -0.4 is 10.5 Å². The third-order valence-electron chi connectivity index (χ3n) is 2.65. The molecule has 0 fully saturated rings. The Hall–Kier alpha value is -1.35. The number of carbonyl (C=O) groups excluding carboxylic acids is 1. The SMILES string of the molecule is NCCC(=O)Oc1ccc2c(c1)CCC2. The minimum atomic E-state index is -0.254. The van der Waals surface area contributed by atoms with Gasteiger partial charge in [0.05, 0.1) is 6.42 Å². The zero-order valence-electron chi connectivity index (χ0n) is 8.66. The summed E-state index contributed by atoms with van der Waals surface area (Å²) in [5.74, 6) is 0.393. The number of carbonyl (C=O) groups is 1. The molecular weight excluding hydrogens is 190 g/mol. The molecule has 0 unspecified atom stereocenters. The fraction of sp³-hybridized carbons (Fsp3) is 0.417. The van der Waals surface area contributed by atoms with E-state index in [2.05, 4.69) is 0 Å². The van der Waals surface area contributed by atoms with Crippen molar-refractivity contribution < 1.29 is 9.53 Å². The molecule has 0 aromatic heterocycles. The van der Waals surface area contributed by atoms with E-state index in [9.17, 15) is 4.79 Å². The maximum atomic E-state index is 11.2. The van der Waals surface area contributed by atoms with Crippen molar-refractivity contribution in [3.8, 4) is 5.75 Å². The van der Waals surface area contributed by atoms with Crippen molar-refractivity contribution in [1.82, 2.24) is 0 Å². The molecular formula is C12H15NO2. The van der Waals surface area contributed by atoms with Crippen molar-refractivity contribution in [2.75, 3.05) is 6.54 Å². The molecule has 1 aliphatic carbocycles. The number of rotatable bonds is 3. The van der Waals surface area contributed by atoms with Gasteiger partial charge >= 0.3 is 5.97 Å². The van der Waals surface area contributed by atoms with Gasteiger partial charge in [-0.1, -0.05) is 6.07 Å². The molecule has 15 heavy (non-hydrogen) atoms. The summed E-state index contributed by atoms with van der Waals surface area (Å²) in [4.78, 5) is 11.2. The molecule has 0 amide bonds. The van der Waals surface area contributed by atoms with Gasteiger partial charge in [0.15, 0.2) is 0 Å². The van der Waals surface area contributed by atoms with E-state index in [1.54, 1.807) is 0 Å². The van der Waals surface area contributed by atoms with Gasteiger partial charge in [0.25, 0.3) is 0 Å². The monoisotopic (exact) mass is 205 g/mol. The van der Waals surface area contributed by atoms with Gasteiger partial charge in [-0.3, -0.25) is 4.79 Å². The Balaban J connectivity index is 2.06. The second-order valence-electron chi connectivity index (χ2n) is 3.80. The summed E-state index contributed by atoms with van der Waals surface area (Å²) in [5, 5.41) is 0. The molecule has 0 saturated heterocycles. The van der Waals surface area contributed by atoms with Gasteiger partial charge in [0, 0.05) is 6.54 Å². The van der Waals surface area contributed by atoms with Crippen LogP contribution in [-0.4, -0.2) is 12.5 Å². The van der Waals surface area contributed by atoms with Gasteiger partial charge in [-0.15, -0.1) is 0 Å². The quantitative estimate of drug-likeness (QED) is 0.600. The molecule has 2 rings (SSSR count). The normalized spacial score (nSPS) is 13.7. The van der Waals surface area contributed by atoms with Crippen LogP contribution in [0.25, 0.3) is 0 Å². The largest absolute Gasteiger partial charge is 0.426 e. The Morgan fingerprint density at radius 2 is 2.13 bits per heavy atom. The number of esters is 1. The number of hydrogen-bond acceptors (Lipinski definition) is 3. The number of fused-ring (bicyclic) bond motifs is 1. The van der Waals surface area contributed by atoms with Crippen molar-refractivity contribution in [3.63, 3.8) is 0 Å². The molecule has 80 valence electrons. The number of hydrogen-bond donors (Lipinski definition) is 1. The lowest BCUT2D eigenvalue weighted by Gasteiger charge is -2.05. The Bertz CT molecular complexity index is 374.